The van der Waals surface area contributed by atoms with Crippen LogP contribution >= 0.6 is 0 Å². The molecule has 214 valence electrons. The lowest BCUT2D eigenvalue weighted by Gasteiger charge is -2.18. The van der Waals surface area contributed by atoms with Gasteiger partial charge in [0.1, 0.15) is 18.2 Å². The highest BCUT2D eigenvalue weighted by molar-refractivity contribution is 5.78. The number of imidazole rings is 1. The van der Waals surface area contributed by atoms with Crippen molar-refractivity contribution in [1.82, 2.24) is 9.55 Å². The summed E-state index contributed by atoms with van der Waals surface area (Å²) < 4.78 is 49.6. The normalized spacial score (nSPS) is 12.4. The first kappa shape index (κ1) is 28.9. The summed E-state index contributed by atoms with van der Waals surface area (Å²) in [6.07, 6.45) is -3.48. The third kappa shape index (κ3) is 6.49. The molecule has 4 nitrogen and oxygen atoms in total. The van der Waals surface area contributed by atoms with Crippen LogP contribution < -0.4 is 4.74 Å². The number of hydrogen-bond acceptors (Lipinski definition) is 3. The fourth-order valence-electron chi connectivity index (χ4n) is 5.22. The molecule has 1 atom stereocenters. The smallest absolute Gasteiger partial charge is 0.416 e. The zero-order valence-electron chi connectivity index (χ0n) is 23.8. The van der Waals surface area contributed by atoms with E-state index >= 15 is 0 Å². The van der Waals surface area contributed by atoms with Gasteiger partial charge in [-0.05, 0) is 64.9 Å². The number of nitriles is 1. The molecule has 0 saturated heterocycles. The number of rotatable bonds is 9. The zero-order chi connectivity index (χ0) is 29.9. The highest BCUT2D eigenvalue weighted by atomic mass is 19.4. The van der Waals surface area contributed by atoms with Crippen LogP contribution in [-0.2, 0) is 25.7 Å². The molecular formula is C35H32F3N3O. The van der Waals surface area contributed by atoms with Gasteiger partial charge in [-0.1, -0.05) is 75.4 Å². The standard InChI is InChI=1S/C35H32F3N3O/c1-23(2)18-25-12-14-28(15-13-25)24(3)34-40-32-19-30(42-22-27-10-8-26(20-39)9-11-27)16-17-33(32)41(34)21-29-6-4-5-7-31(29)35(36,37)38/h4-17,19,23-24H,18,21-22H2,1-3H3. The Morgan fingerprint density at radius 1 is 0.881 bits per heavy atom. The van der Waals surface area contributed by atoms with Gasteiger partial charge in [-0.3, -0.25) is 0 Å². The van der Waals surface area contributed by atoms with E-state index in [2.05, 4.69) is 44.2 Å². The van der Waals surface area contributed by atoms with E-state index in [4.69, 9.17) is 15.0 Å². The molecule has 0 radical (unpaired) electrons. The minimum Gasteiger partial charge on any atom is -0.489 e. The lowest BCUT2D eigenvalue weighted by molar-refractivity contribution is -0.138. The fraction of sp³-hybridized carbons (Fsp3) is 0.257. The highest BCUT2D eigenvalue weighted by Gasteiger charge is 2.33. The van der Waals surface area contributed by atoms with Crippen molar-refractivity contribution in [2.45, 2.75) is 52.4 Å². The van der Waals surface area contributed by atoms with Crippen molar-refractivity contribution in [3.05, 3.63) is 130 Å². The molecule has 4 aromatic carbocycles. The molecule has 1 unspecified atom stereocenters. The molecule has 0 aliphatic carbocycles. The molecule has 5 aromatic rings. The zero-order valence-corrected chi connectivity index (χ0v) is 23.8. The molecule has 0 bridgehead atoms. The summed E-state index contributed by atoms with van der Waals surface area (Å²) in [5.74, 6) is 1.67. The predicted octanol–water partition coefficient (Wildman–Crippen LogP) is 8.90. The summed E-state index contributed by atoms with van der Waals surface area (Å²) in [7, 11) is 0. The summed E-state index contributed by atoms with van der Waals surface area (Å²) in [5, 5.41) is 9.02. The van der Waals surface area contributed by atoms with E-state index in [1.165, 1.54) is 17.7 Å². The van der Waals surface area contributed by atoms with E-state index in [9.17, 15) is 13.2 Å². The minimum absolute atomic E-state index is 0.0305. The summed E-state index contributed by atoms with van der Waals surface area (Å²) >= 11 is 0. The van der Waals surface area contributed by atoms with Crippen LogP contribution in [0.25, 0.3) is 11.0 Å². The van der Waals surface area contributed by atoms with Gasteiger partial charge in [0.15, 0.2) is 0 Å². The van der Waals surface area contributed by atoms with Crippen LogP contribution in [0.5, 0.6) is 5.75 Å². The Balaban J connectivity index is 1.51. The number of hydrogen-bond donors (Lipinski definition) is 0. The number of fused-ring (bicyclic) bond motifs is 1. The second kappa shape index (κ2) is 12.1. The number of nitrogens with zero attached hydrogens (tertiary/aromatic N) is 3. The SMILES string of the molecule is CC(C)Cc1ccc(C(C)c2nc3cc(OCc4ccc(C#N)cc4)ccc3n2Cc2ccccc2C(F)(F)F)cc1. The molecular weight excluding hydrogens is 535 g/mol. The summed E-state index contributed by atoms with van der Waals surface area (Å²) in [6, 6.07) is 28.9. The third-order valence-electron chi connectivity index (χ3n) is 7.40. The quantitative estimate of drug-likeness (QED) is 0.179. The van der Waals surface area contributed by atoms with Gasteiger partial charge in [-0.25, -0.2) is 4.98 Å². The minimum atomic E-state index is -4.46. The van der Waals surface area contributed by atoms with Crippen molar-refractivity contribution >= 4 is 11.0 Å². The van der Waals surface area contributed by atoms with Crippen LogP contribution in [0.2, 0.25) is 0 Å². The molecule has 0 saturated carbocycles. The van der Waals surface area contributed by atoms with Crippen LogP contribution in [0.15, 0.2) is 91.0 Å². The Morgan fingerprint density at radius 2 is 1.57 bits per heavy atom. The van der Waals surface area contributed by atoms with E-state index in [1.54, 1.807) is 18.2 Å². The monoisotopic (exact) mass is 567 g/mol. The maximum atomic E-state index is 13.9. The first-order valence-corrected chi connectivity index (χ1v) is 14.0. The van der Waals surface area contributed by atoms with Crippen molar-refractivity contribution in [1.29, 1.82) is 5.26 Å². The van der Waals surface area contributed by atoms with Crippen LogP contribution in [0, 0.1) is 17.2 Å². The van der Waals surface area contributed by atoms with E-state index in [0.29, 0.717) is 35.2 Å². The van der Waals surface area contributed by atoms with Crippen LogP contribution in [-0.4, -0.2) is 9.55 Å². The summed E-state index contributed by atoms with van der Waals surface area (Å²) in [5.41, 5.74) is 4.70. The predicted molar refractivity (Wildman–Crippen MR) is 158 cm³/mol. The molecule has 1 aromatic heterocycles. The Morgan fingerprint density at radius 3 is 2.24 bits per heavy atom. The molecule has 5 rings (SSSR count). The van der Waals surface area contributed by atoms with Gasteiger partial charge in [0, 0.05) is 18.5 Å². The van der Waals surface area contributed by atoms with Crippen molar-refractivity contribution in [3.8, 4) is 11.8 Å². The maximum absolute atomic E-state index is 13.9. The number of halogens is 3. The molecule has 0 aliphatic rings. The van der Waals surface area contributed by atoms with Gasteiger partial charge in [-0.15, -0.1) is 0 Å². The summed E-state index contributed by atoms with van der Waals surface area (Å²) in [4.78, 5) is 4.95. The average Bonchev–Trinajstić information content (AvgIpc) is 3.33. The molecule has 0 fully saturated rings. The average molecular weight is 568 g/mol. The maximum Gasteiger partial charge on any atom is 0.416 e. The first-order valence-electron chi connectivity index (χ1n) is 14.0. The Hall–Kier alpha value is -4.57. The second-order valence-electron chi connectivity index (χ2n) is 11.0. The van der Waals surface area contributed by atoms with E-state index in [0.717, 1.165) is 29.1 Å². The van der Waals surface area contributed by atoms with Gasteiger partial charge in [0.05, 0.1) is 28.2 Å². The lowest BCUT2D eigenvalue weighted by Crippen LogP contribution is -2.14. The van der Waals surface area contributed by atoms with Gasteiger partial charge in [0.2, 0.25) is 0 Å². The fourth-order valence-corrected chi connectivity index (χ4v) is 5.22. The van der Waals surface area contributed by atoms with E-state index < -0.39 is 11.7 Å². The Kier molecular flexibility index (Phi) is 8.35. The topological polar surface area (TPSA) is 50.8 Å². The van der Waals surface area contributed by atoms with Crippen molar-refractivity contribution in [2.75, 3.05) is 0 Å². The van der Waals surface area contributed by atoms with Gasteiger partial charge in [-0.2, -0.15) is 18.4 Å². The van der Waals surface area contributed by atoms with E-state index in [-0.39, 0.29) is 18.0 Å². The number of aromatic nitrogens is 2. The number of alkyl halides is 3. The van der Waals surface area contributed by atoms with Crippen molar-refractivity contribution < 1.29 is 17.9 Å². The molecule has 1 heterocycles. The first-order chi connectivity index (χ1) is 20.1. The second-order valence-corrected chi connectivity index (χ2v) is 11.0. The number of ether oxygens (including phenoxy) is 1. The van der Waals surface area contributed by atoms with Crippen LogP contribution in [0.3, 0.4) is 0 Å². The molecule has 7 heteroatoms. The molecule has 0 amide bonds. The van der Waals surface area contributed by atoms with Crippen LogP contribution in [0.4, 0.5) is 13.2 Å². The third-order valence-corrected chi connectivity index (χ3v) is 7.40. The molecule has 42 heavy (non-hydrogen) atoms. The van der Waals surface area contributed by atoms with Crippen LogP contribution in [0.1, 0.15) is 65.9 Å². The van der Waals surface area contributed by atoms with Gasteiger partial charge in [0.25, 0.3) is 0 Å². The van der Waals surface area contributed by atoms with E-state index in [1.807, 2.05) is 41.8 Å². The lowest BCUT2D eigenvalue weighted by atomic mass is 9.96. The van der Waals surface area contributed by atoms with Crippen molar-refractivity contribution in [3.63, 3.8) is 0 Å². The molecule has 0 N–H and O–H groups in total. The molecule has 0 spiro atoms. The summed E-state index contributed by atoms with van der Waals surface area (Å²) in [6.45, 7) is 6.73. The largest absolute Gasteiger partial charge is 0.489 e. The van der Waals surface area contributed by atoms with Gasteiger partial charge >= 0.3 is 6.18 Å². The Bertz CT molecular complexity index is 1710. The Labute approximate surface area is 244 Å². The molecule has 0 aliphatic heterocycles. The van der Waals surface area contributed by atoms with Crippen molar-refractivity contribution in [2.24, 2.45) is 5.92 Å². The van der Waals surface area contributed by atoms with Gasteiger partial charge < -0.3 is 9.30 Å². The highest BCUT2D eigenvalue weighted by Crippen LogP contribution is 2.35. The number of benzene rings is 4.